The van der Waals surface area contributed by atoms with E-state index in [9.17, 15) is 14.9 Å². The molecule has 0 aromatic heterocycles. The van der Waals surface area contributed by atoms with E-state index < -0.39 is 10.8 Å². The lowest BCUT2D eigenvalue weighted by atomic mass is 10.1. The van der Waals surface area contributed by atoms with Crippen LogP contribution in [0, 0.1) is 17.0 Å². The van der Waals surface area contributed by atoms with Crippen LogP contribution in [0.1, 0.15) is 18.1 Å². The number of hydrogen-bond acceptors (Lipinski definition) is 5. The molecule has 0 aliphatic heterocycles. The number of benzene rings is 2. The second kappa shape index (κ2) is 8.25. The van der Waals surface area contributed by atoms with Gasteiger partial charge in [-0.1, -0.05) is 11.6 Å². The molecule has 1 amide bonds. The van der Waals surface area contributed by atoms with Gasteiger partial charge in [0.25, 0.3) is 11.6 Å². The molecule has 2 aromatic carbocycles. The molecule has 0 aliphatic rings. The van der Waals surface area contributed by atoms with Crippen LogP contribution < -0.4 is 10.2 Å². The monoisotopic (exact) mass is 361 g/mol. The highest BCUT2D eigenvalue weighted by molar-refractivity contribution is 6.31. The first kappa shape index (κ1) is 18.4. The number of ether oxygens (including phenoxy) is 1. The highest BCUT2D eigenvalue weighted by Crippen LogP contribution is 2.20. The average Bonchev–Trinajstić information content (AvgIpc) is 2.60. The number of amides is 1. The van der Waals surface area contributed by atoms with Crippen LogP contribution in [0.3, 0.4) is 0 Å². The Morgan fingerprint density at radius 1 is 1.28 bits per heavy atom. The Kier molecular flexibility index (Phi) is 6.08. The fourth-order valence-corrected chi connectivity index (χ4v) is 2.04. The number of hydrazone groups is 1. The smallest absolute Gasteiger partial charge is 0.277 e. The fraction of sp³-hybridized carbons (Fsp3) is 0.176. The molecule has 7 nitrogen and oxygen atoms in total. The molecule has 8 heteroatoms. The number of nitrogens with one attached hydrogen (secondary N) is 1. The first-order valence-corrected chi connectivity index (χ1v) is 7.71. The van der Waals surface area contributed by atoms with Crippen molar-refractivity contribution in [3.63, 3.8) is 0 Å². The van der Waals surface area contributed by atoms with Crippen molar-refractivity contribution in [1.82, 2.24) is 5.43 Å². The summed E-state index contributed by atoms with van der Waals surface area (Å²) in [4.78, 5) is 21.9. The molecule has 0 radical (unpaired) electrons. The first-order chi connectivity index (χ1) is 11.9. The van der Waals surface area contributed by atoms with E-state index in [1.165, 1.54) is 12.1 Å². The van der Waals surface area contributed by atoms with Crippen molar-refractivity contribution in [2.45, 2.75) is 13.8 Å². The van der Waals surface area contributed by atoms with Crippen LogP contribution in [-0.4, -0.2) is 23.1 Å². The standard InChI is InChI=1S/C17H16ClN3O4/c1-11-9-15(7-8-16(11)18)25-10-17(22)20-19-12(2)13-3-5-14(6-4-13)21(23)24/h3-9H,10H2,1-2H3,(H,20,22)/b19-12-. The number of rotatable bonds is 6. The topological polar surface area (TPSA) is 93.8 Å². The maximum Gasteiger partial charge on any atom is 0.277 e. The van der Waals surface area contributed by atoms with Gasteiger partial charge in [-0.25, -0.2) is 5.43 Å². The van der Waals surface area contributed by atoms with Crippen LogP contribution in [0.25, 0.3) is 0 Å². The van der Waals surface area contributed by atoms with Crippen molar-refractivity contribution in [3.05, 3.63) is 68.7 Å². The number of nitrogens with zero attached hydrogens (tertiary/aromatic N) is 2. The van der Waals surface area contributed by atoms with E-state index in [2.05, 4.69) is 10.5 Å². The van der Waals surface area contributed by atoms with Crippen molar-refractivity contribution >= 4 is 28.9 Å². The van der Waals surface area contributed by atoms with E-state index in [0.717, 1.165) is 5.56 Å². The summed E-state index contributed by atoms with van der Waals surface area (Å²) in [5.74, 6) is 0.113. The molecule has 0 unspecified atom stereocenters. The van der Waals surface area contributed by atoms with Gasteiger partial charge in [-0.05, 0) is 55.3 Å². The Bertz CT molecular complexity index is 819. The molecule has 25 heavy (non-hydrogen) atoms. The predicted octanol–water partition coefficient (Wildman–Crippen LogP) is 3.48. The van der Waals surface area contributed by atoms with Crippen LogP contribution in [0.2, 0.25) is 5.02 Å². The third-order valence-corrected chi connectivity index (χ3v) is 3.77. The van der Waals surface area contributed by atoms with Crippen molar-refractivity contribution in [2.75, 3.05) is 6.61 Å². The minimum atomic E-state index is -0.478. The molecule has 0 saturated carbocycles. The van der Waals surface area contributed by atoms with E-state index in [1.807, 2.05) is 6.92 Å². The summed E-state index contributed by atoms with van der Waals surface area (Å²) in [5.41, 5.74) is 4.41. The summed E-state index contributed by atoms with van der Waals surface area (Å²) in [7, 11) is 0. The van der Waals surface area contributed by atoms with Gasteiger partial charge in [0.05, 0.1) is 10.6 Å². The fourth-order valence-electron chi connectivity index (χ4n) is 1.92. The Labute approximate surface area is 149 Å². The number of carbonyl (C=O) groups excluding carboxylic acids is 1. The van der Waals surface area contributed by atoms with E-state index in [0.29, 0.717) is 22.0 Å². The predicted molar refractivity (Wildman–Crippen MR) is 95.1 cm³/mol. The zero-order chi connectivity index (χ0) is 18.4. The van der Waals surface area contributed by atoms with Gasteiger partial charge in [0.15, 0.2) is 6.61 Å². The van der Waals surface area contributed by atoms with Crippen LogP contribution in [0.4, 0.5) is 5.69 Å². The Morgan fingerprint density at radius 2 is 1.96 bits per heavy atom. The van der Waals surface area contributed by atoms with Crippen LogP contribution in [0.15, 0.2) is 47.6 Å². The van der Waals surface area contributed by atoms with E-state index >= 15 is 0 Å². The van der Waals surface area contributed by atoms with Gasteiger partial charge in [-0.3, -0.25) is 14.9 Å². The zero-order valence-electron chi connectivity index (χ0n) is 13.7. The number of nitro groups is 1. The molecule has 1 N–H and O–H groups in total. The zero-order valence-corrected chi connectivity index (χ0v) is 14.4. The summed E-state index contributed by atoms with van der Waals surface area (Å²) in [6.45, 7) is 3.33. The molecule has 0 saturated heterocycles. The van der Waals surface area contributed by atoms with E-state index in [4.69, 9.17) is 16.3 Å². The third kappa shape index (κ3) is 5.29. The van der Waals surface area contributed by atoms with Gasteiger partial charge in [-0.15, -0.1) is 0 Å². The quantitative estimate of drug-likeness (QED) is 0.484. The van der Waals surface area contributed by atoms with E-state index in [1.54, 1.807) is 37.3 Å². The molecule has 0 fully saturated rings. The minimum Gasteiger partial charge on any atom is -0.484 e. The normalized spacial score (nSPS) is 11.1. The second-order valence-corrected chi connectivity index (χ2v) is 5.64. The van der Waals surface area contributed by atoms with Crippen LogP contribution >= 0.6 is 11.6 Å². The molecule has 130 valence electrons. The average molecular weight is 362 g/mol. The molecule has 0 heterocycles. The molecule has 0 spiro atoms. The van der Waals surface area contributed by atoms with Crippen LogP contribution in [0.5, 0.6) is 5.75 Å². The lowest BCUT2D eigenvalue weighted by Crippen LogP contribution is -2.25. The molecule has 2 aromatic rings. The number of halogens is 1. The van der Waals surface area contributed by atoms with Gasteiger partial charge < -0.3 is 4.74 Å². The van der Waals surface area contributed by atoms with Gasteiger partial charge in [0.1, 0.15) is 5.75 Å². The van der Waals surface area contributed by atoms with E-state index in [-0.39, 0.29) is 12.3 Å². The number of hydrogen-bond donors (Lipinski definition) is 1. The lowest BCUT2D eigenvalue weighted by Gasteiger charge is -2.07. The molecular weight excluding hydrogens is 346 g/mol. The largest absolute Gasteiger partial charge is 0.484 e. The summed E-state index contributed by atoms with van der Waals surface area (Å²) in [6.07, 6.45) is 0. The van der Waals surface area contributed by atoms with Crippen molar-refractivity contribution in [1.29, 1.82) is 0 Å². The highest BCUT2D eigenvalue weighted by atomic mass is 35.5. The molecule has 0 aliphatic carbocycles. The van der Waals surface area contributed by atoms with Crippen molar-refractivity contribution in [3.8, 4) is 5.75 Å². The summed E-state index contributed by atoms with van der Waals surface area (Å²) in [6, 6.07) is 11.0. The summed E-state index contributed by atoms with van der Waals surface area (Å²) in [5, 5.41) is 15.2. The Balaban J connectivity index is 1.90. The second-order valence-electron chi connectivity index (χ2n) is 5.24. The number of non-ortho nitro benzene ring substituents is 1. The highest BCUT2D eigenvalue weighted by Gasteiger charge is 2.07. The third-order valence-electron chi connectivity index (χ3n) is 3.34. The minimum absolute atomic E-state index is 0.00718. The molecular formula is C17H16ClN3O4. The van der Waals surface area contributed by atoms with Crippen molar-refractivity contribution in [2.24, 2.45) is 5.10 Å². The number of nitro benzene ring substituents is 1. The van der Waals surface area contributed by atoms with Gasteiger partial charge in [-0.2, -0.15) is 5.10 Å². The Hall–Kier alpha value is -2.93. The molecule has 0 atom stereocenters. The Morgan fingerprint density at radius 3 is 2.56 bits per heavy atom. The van der Waals surface area contributed by atoms with Gasteiger partial charge in [0, 0.05) is 17.2 Å². The molecule has 0 bridgehead atoms. The first-order valence-electron chi connectivity index (χ1n) is 7.33. The van der Waals surface area contributed by atoms with Crippen molar-refractivity contribution < 1.29 is 14.5 Å². The van der Waals surface area contributed by atoms with Gasteiger partial charge in [0.2, 0.25) is 0 Å². The summed E-state index contributed by atoms with van der Waals surface area (Å²) < 4.78 is 5.37. The SMILES string of the molecule is C/C(=N/NC(=O)COc1ccc(Cl)c(C)c1)c1ccc([N+](=O)[O-])cc1. The van der Waals surface area contributed by atoms with Gasteiger partial charge >= 0.3 is 0 Å². The van der Waals surface area contributed by atoms with Crippen LogP contribution in [-0.2, 0) is 4.79 Å². The maximum absolute atomic E-state index is 11.8. The summed E-state index contributed by atoms with van der Waals surface area (Å²) >= 11 is 5.92. The lowest BCUT2D eigenvalue weighted by molar-refractivity contribution is -0.384. The number of aryl methyl sites for hydroxylation is 1. The maximum atomic E-state index is 11.8. The molecule has 2 rings (SSSR count). The number of carbonyl (C=O) groups is 1.